The molecule has 0 amide bonds. The van der Waals surface area contributed by atoms with Gasteiger partial charge >= 0.3 is 0 Å². The van der Waals surface area contributed by atoms with Gasteiger partial charge in [0.25, 0.3) is 0 Å². The summed E-state index contributed by atoms with van der Waals surface area (Å²) in [6, 6.07) is 3.43. The van der Waals surface area contributed by atoms with E-state index in [1.54, 1.807) is 6.20 Å². The molecule has 1 unspecified atom stereocenters. The lowest BCUT2D eigenvalue weighted by atomic mass is 10.1. The fourth-order valence-corrected chi connectivity index (χ4v) is 2.23. The zero-order valence-corrected chi connectivity index (χ0v) is 9.79. The van der Waals surface area contributed by atoms with Crippen molar-refractivity contribution in [3.05, 3.63) is 29.6 Å². The summed E-state index contributed by atoms with van der Waals surface area (Å²) in [7, 11) is -3.00. The molecule has 0 aliphatic rings. The highest BCUT2D eigenvalue weighted by Crippen LogP contribution is 2.02. The molecule has 0 radical (unpaired) electrons. The van der Waals surface area contributed by atoms with Crippen LogP contribution in [0.1, 0.15) is 11.3 Å². The molecule has 84 valence electrons. The van der Waals surface area contributed by atoms with Crippen molar-refractivity contribution in [1.29, 1.82) is 0 Å². The van der Waals surface area contributed by atoms with Crippen molar-refractivity contribution in [1.82, 2.24) is 4.98 Å². The van der Waals surface area contributed by atoms with Crippen molar-refractivity contribution >= 4 is 9.84 Å². The molecule has 0 aliphatic heterocycles. The summed E-state index contributed by atoms with van der Waals surface area (Å²) in [4.78, 5) is 4.17. The van der Waals surface area contributed by atoms with E-state index in [1.165, 1.54) is 6.26 Å². The molecule has 2 N–H and O–H groups in total. The van der Waals surface area contributed by atoms with E-state index in [-0.39, 0.29) is 11.8 Å². The molecule has 0 aromatic carbocycles. The number of pyridine rings is 1. The van der Waals surface area contributed by atoms with Crippen molar-refractivity contribution in [2.45, 2.75) is 19.4 Å². The molecule has 15 heavy (non-hydrogen) atoms. The highest BCUT2D eigenvalue weighted by Gasteiger charge is 2.11. The molecule has 0 spiro atoms. The predicted octanol–water partition coefficient (Wildman–Crippen LogP) is 0.304. The average Bonchev–Trinajstić information content (AvgIpc) is 2.05. The van der Waals surface area contributed by atoms with Crippen molar-refractivity contribution in [3.8, 4) is 0 Å². The maximum atomic E-state index is 11.0. The zero-order chi connectivity index (χ0) is 11.5. The first kappa shape index (κ1) is 12.1. The topological polar surface area (TPSA) is 73.1 Å². The lowest BCUT2D eigenvalue weighted by Gasteiger charge is -2.09. The van der Waals surface area contributed by atoms with Gasteiger partial charge < -0.3 is 5.73 Å². The summed E-state index contributed by atoms with van der Waals surface area (Å²) < 4.78 is 22.0. The van der Waals surface area contributed by atoms with Crippen LogP contribution in [0.15, 0.2) is 18.3 Å². The molecule has 0 saturated carbocycles. The molecule has 0 aliphatic carbocycles. The molecule has 0 bridgehead atoms. The van der Waals surface area contributed by atoms with Gasteiger partial charge in [-0.05, 0) is 18.6 Å². The quantitative estimate of drug-likeness (QED) is 0.804. The normalized spacial score (nSPS) is 13.8. The van der Waals surface area contributed by atoms with E-state index in [9.17, 15) is 8.42 Å². The van der Waals surface area contributed by atoms with Gasteiger partial charge in [-0.3, -0.25) is 4.98 Å². The van der Waals surface area contributed by atoms with Crippen LogP contribution in [0.2, 0.25) is 0 Å². The first-order valence-electron chi connectivity index (χ1n) is 4.71. The molecule has 1 aromatic heterocycles. The molecule has 1 rings (SSSR count). The first-order valence-corrected chi connectivity index (χ1v) is 6.78. The number of sulfone groups is 1. The fourth-order valence-electron chi connectivity index (χ4n) is 1.34. The lowest BCUT2D eigenvalue weighted by molar-refractivity contribution is 0.590. The first-order chi connectivity index (χ1) is 6.87. The number of aromatic nitrogens is 1. The SMILES string of the molecule is Cc1ccc(CC(N)CS(C)(=O)=O)nc1. The molecular formula is C10H16N2O2S. The van der Waals surface area contributed by atoms with Crippen LogP contribution in [0.4, 0.5) is 0 Å². The number of hydrogen-bond acceptors (Lipinski definition) is 4. The Morgan fingerprint density at radius 1 is 1.47 bits per heavy atom. The van der Waals surface area contributed by atoms with Crippen LogP contribution < -0.4 is 5.73 Å². The molecule has 0 saturated heterocycles. The third kappa shape index (κ3) is 4.90. The molecule has 0 fully saturated rings. The standard InChI is InChI=1S/C10H16N2O2S/c1-8-3-4-10(12-6-8)5-9(11)7-15(2,13)14/h3-4,6,9H,5,7,11H2,1-2H3. The van der Waals surface area contributed by atoms with Crippen LogP contribution in [0.3, 0.4) is 0 Å². The Bertz CT molecular complexity index is 412. The Balaban J connectivity index is 2.59. The second-order valence-corrected chi connectivity index (χ2v) is 6.07. The van der Waals surface area contributed by atoms with Crippen LogP contribution in [0.25, 0.3) is 0 Å². The molecule has 5 heteroatoms. The Morgan fingerprint density at radius 3 is 2.60 bits per heavy atom. The van der Waals surface area contributed by atoms with Crippen molar-refractivity contribution in [2.24, 2.45) is 5.73 Å². The minimum absolute atomic E-state index is 0.00254. The van der Waals surface area contributed by atoms with E-state index in [0.29, 0.717) is 6.42 Å². The van der Waals surface area contributed by atoms with Gasteiger partial charge in [-0.1, -0.05) is 6.07 Å². The number of hydrogen-bond donors (Lipinski definition) is 1. The maximum absolute atomic E-state index is 11.0. The monoisotopic (exact) mass is 228 g/mol. The second-order valence-electron chi connectivity index (χ2n) is 3.88. The summed E-state index contributed by atoms with van der Waals surface area (Å²) in [5.74, 6) is 0.00254. The van der Waals surface area contributed by atoms with Crippen molar-refractivity contribution in [3.63, 3.8) is 0 Å². The maximum Gasteiger partial charge on any atom is 0.148 e. The summed E-state index contributed by atoms with van der Waals surface area (Å²) in [5.41, 5.74) is 7.62. The zero-order valence-electron chi connectivity index (χ0n) is 8.97. The molecule has 4 nitrogen and oxygen atoms in total. The van der Waals surface area contributed by atoms with E-state index >= 15 is 0 Å². The van der Waals surface area contributed by atoms with Gasteiger partial charge in [-0.15, -0.1) is 0 Å². The van der Waals surface area contributed by atoms with Crippen LogP contribution in [0, 0.1) is 6.92 Å². The van der Waals surface area contributed by atoms with Crippen molar-refractivity contribution < 1.29 is 8.42 Å². The number of nitrogens with two attached hydrogens (primary N) is 1. The largest absolute Gasteiger partial charge is 0.326 e. The van der Waals surface area contributed by atoms with Gasteiger partial charge in [0.2, 0.25) is 0 Å². The minimum Gasteiger partial charge on any atom is -0.326 e. The van der Waals surface area contributed by atoms with Crippen molar-refractivity contribution in [2.75, 3.05) is 12.0 Å². The second kappa shape index (κ2) is 4.72. The van der Waals surface area contributed by atoms with Crippen LogP contribution in [-0.4, -0.2) is 31.5 Å². The summed E-state index contributed by atoms with van der Waals surface area (Å²) in [6.45, 7) is 1.95. The van der Waals surface area contributed by atoms with Crippen LogP contribution in [-0.2, 0) is 16.3 Å². The van der Waals surface area contributed by atoms with E-state index in [4.69, 9.17) is 5.73 Å². The fraction of sp³-hybridized carbons (Fsp3) is 0.500. The summed E-state index contributed by atoms with van der Waals surface area (Å²) in [6.07, 6.45) is 3.44. The highest BCUT2D eigenvalue weighted by atomic mass is 32.2. The lowest BCUT2D eigenvalue weighted by Crippen LogP contribution is -2.31. The third-order valence-electron chi connectivity index (χ3n) is 1.96. The van der Waals surface area contributed by atoms with E-state index in [2.05, 4.69) is 4.98 Å². The summed E-state index contributed by atoms with van der Waals surface area (Å²) in [5, 5.41) is 0. The number of nitrogens with zero attached hydrogens (tertiary/aromatic N) is 1. The Labute approximate surface area is 90.4 Å². The third-order valence-corrected chi connectivity index (χ3v) is 2.99. The van der Waals surface area contributed by atoms with E-state index in [1.807, 2.05) is 19.1 Å². The van der Waals surface area contributed by atoms with E-state index < -0.39 is 9.84 Å². The van der Waals surface area contributed by atoms with Gasteiger partial charge in [-0.25, -0.2) is 8.42 Å². The van der Waals surface area contributed by atoms with E-state index in [0.717, 1.165) is 11.3 Å². The van der Waals surface area contributed by atoms with Gasteiger partial charge in [0.15, 0.2) is 0 Å². The predicted molar refractivity (Wildman–Crippen MR) is 60.4 cm³/mol. The van der Waals surface area contributed by atoms with Crippen LogP contribution >= 0.6 is 0 Å². The van der Waals surface area contributed by atoms with Gasteiger partial charge in [0.05, 0.1) is 5.75 Å². The van der Waals surface area contributed by atoms with Gasteiger partial charge in [-0.2, -0.15) is 0 Å². The van der Waals surface area contributed by atoms with Gasteiger partial charge in [0.1, 0.15) is 9.84 Å². The Kier molecular flexibility index (Phi) is 3.82. The summed E-state index contributed by atoms with van der Waals surface area (Å²) >= 11 is 0. The molecule has 1 heterocycles. The van der Waals surface area contributed by atoms with Crippen LogP contribution in [0.5, 0.6) is 0 Å². The average molecular weight is 228 g/mol. The minimum atomic E-state index is -3.00. The Morgan fingerprint density at radius 2 is 2.13 bits per heavy atom. The number of rotatable bonds is 4. The Hall–Kier alpha value is -0.940. The molecular weight excluding hydrogens is 212 g/mol. The van der Waals surface area contributed by atoms with Gasteiger partial charge in [0, 0.05) is 30.6 Å². The molecule has 1 aromatic rings. The number of aryl methyl sites for hydroxylation is 1. The molecule has 1 atom stereocenters. The highest BCUT2D eigenvalue weighted by molar-refractivity contribution is 7.90. The smallest absolute Gasteiger partial charge is 0.148 e.